The number of carbonyl (C=O) groups is 1. The second-order valence-corrected chi connectivity index (χ2v) is 7.83. The van der Waals surface area contributed by atoms with Crippen LogP contribution in [0.5, 0.6) is 5.75 Å². The number of nitrogens with one attached hydrogen (secondary N) is 2. The van der Waals surface area contributed by atoms with E-state index in [1.165, 1.54) is 6.21 Å². The first-order valence-corrected chi connectivity index (χ1v) is 9.74. The van der Waals surface area contributed by atoms with E-state index in [0.29, 0.717) is 16.9 Å². The van der Waals surface area contributed by atoms with E-state index in [9.17, 15) is 13.2 Å². The van der Waals surface area contributed by atoms with Crippen molar-refractivity contribution in [1.29, 1.82) is 0 Å². The number of ether oxygens (including phenoxy) is 1. The lowest BCUT2D eigenvalue weighted by Gasteiger charge is -2.12. The number of hydrazone groups is 1. The summed E-state index contributed by atoms with van der Waals surface area (Å²) in [4.78, 5) is 12.1. The molecule has 0 atom stereocenters. The number of rotatable bonds is 7. The van der Waals surface area contributed by atoms with Gasteiger partial charge in [-0.05, 0) is 49.6 Å². The molecule has 0 aliphatic heterocycles. The fourth-order valence-corrected chi connectivity index (χ4v) is 4.19. The van der Waals surface area contributed by atoms with Crippen LogP contribution in [-0.2, 0) is 14.8 Å². The van der Waals surface area contributed by atoms with Crippen molar-refractivity contribution < 1.29 is 17.9 Å². The second-order valence-electron chi connectivity index (χ2n) is 6.12. The molecule has 2 rings (SSSR count). The van der Waals surface area contributed by atoms with E-state index in [1.807, 2.05) is 6.92 Å². The van der Waals surface area contributed by atoms with Crippen molar-refractivity contribution in [2.45, 2.75) is 25.7 Å². The smallest absolute Gasteiger partial charge is 0.255 e. The molecule has 7 nitrogen and oxygen atoms in total. The molecule has 27 heavy (non-hydrogen) atoms. The van der Waals surface area contributed by atoms with Gasteiger partial charge in [-0.3, -0.25) is 4.79 Å². The van der Waals surface area contributed by atoms with Gasteiger partial charge in [-0.1, -0.05) is 29.8 Å². The standard InChI is InChI=1S/C19H23N3O4S/c1-13-8-14(2)19(15(3)9-13)27(24,25)21-12-18(23)22-20-11-16-6-5-7-17(10-16)26-4/h5-11,21H,12H2,1-4H3,(H,22,23)/b20-11-. The van der Waals surface area contributed by atoms with Gasteiger partial charge in [0.15, 0.2) is 0 Å². The van der Waals surface area contributed by atoms with Crippen molar-refractivity contribution in [1.82, 2.24) is 10.1 Å². The van der Waals surface area contributed by atoms with Crippen LogP contribution < -0.4 is 14.9 Å². The molecule has 2 aromatic rings. The van der Waals surface area contributed by atoms with E-state index in [4.69, 9.17) is 4.74 Å². The minimum atomic E-state index is -3.80. The van der Waals surface area contributed by atoms with Crippen molar-refractivity contribution in [3.63, 3.8) is 0 Å². The van der Waals surface area contributed by atoms with Crippen LogP contribution >= 0.6 is 0 Å². The minimum absolute atomic E-state index is 0.195. The Morgan fingerprint density at radius 1 is 1.15 bits per heavy atom. The van der Waals surface area contributed by atoms with Crippen LogP contribution in [0.15, 0.2) is 46.4 Å². The summed E-state index contributed by atoms with van der Waals surface area (Å²) in [7, 11) is -2.24. The van der Waals surface area contributed by atoms with Gasteiger partial charge >= 0.3 is 0 Å². The Labute approximate surface area is 159 Å². The summed E-state index contributed by atoms with van der Waals surface area (Å²) in [5.74, 6) is 0.0991. The number of amides is 1. The monoisotopic (exact) mass is 389 g/mol. The Hall–Kier alpha value is -2.71. The molecular formula is C19H23N3O4S. The molecule has 2 aromatic carbocycles. The van der Waals surface area contributed by atoms with Crippen LogP contribution in [0.25, 0.3) is 0 Å². The number of benzene rings is 2. The number of hydrogen-bond acceptors (Lipinski definition) is 5. The largest absolute Gasteiger partial charge is 0.497 e. The van der Waals surface area contributed by atoms with Crippen molar-refractivity contribution in [3.8, 4) is 5.75 Å². The summed E-state index contributed by atoms with van der Waals surface area (Å²) < 4.78 is 32.4. The zero-order valence-electron chi connectivity index (χ0n) is 15.7. The Morgan fingerprint density at radius 3 is 2.44 bits per heavy atom. The van der Waals surface area contributed by atoms with Crippen molar-refractivity contribution in [2.75, 3.05) is 13.7 Å². The number of aryl methyl sites for hydroxylation is 3. The fraction of sp³-hybridized carbons (Fsp3) is 0.263. The SMILES string of the molecule is COc1cccc(/C=N\NC(=O)CNS(=O)(=O)c2c(C)cc(C)cc2C)c1. The van der Waals surface area contributed by atoms with Gasteiger partial charge in [0.25, 0.3) is 5.91 Å². The van der Waals surface area contributed by atoms with Crippen LogP contribution in [0.1, 0.15) is 22.3 Å². The molecule has 0 aromatic heterocycles. The first-order chi connectivity index (χ1) is 12.7. The second kappa shape index (κ2) is 8.79. The third-order valence-corrected chi connectivity index (χ3v) is 5.50. The molecule has 0 saturated heterocycles. The molecule has 0 bridgehead atoms. The highest BCUT2D eigenvalue weighted by atomic mass is 32.2. The van der Waals surface area contributed by atoms with Gasteiger partial charge in [-0.15, -0.1) is 0 Å². The molecule has 0 heterocycles. The normalized spacial score (nSPS) is 11.6. The zero-order chi connectivity index (χ0) is 20.0. The van der Waals surface area contributed by atoms with E-state index >= 15 is 0 Å². The van der Waals surface area contributed by atoms with Crippen molar-refractivity contribution in [2.24, 2.45) is 5.10 Å². The Bertz CT molecular complexity index is 946. The van der Waals surface area contributed by atoms with Crippen LogP contribution in [0, 0.1) is 20.8 Å². The molecule has 144 valence electrons. The van der Waals surface area contributed by atoms with Crippen LogP contribution in [0.3, 0.4) is 0 Å². The predicted octanol–water partition coefficient (Wildman–Crippen LogP) is 2.05. The summed E-state index contributed by atoms with van der Waals surface area (Å²) in [5, 5.41) is 3.82. The molecule has 0 saturated carbocycles. The molecule has 0 fully saturated rings. The number of carbonyl (C=O) groups excluding carboxylic acids is 1. The van der Waals surface area contributed by atoms with E-state index < -0.39 is 22.5 Å². The quantitative estimate of drug-likeness (QED) is 0.559. The average Bonchev–Trinajstić information content (AvgIpc) is 2.59. The lowest BCUT2D eigenvalue weighted by atomic mass is 10.1. The lowest BCUT2D eigenvalue weighted by molar-refractivity contribution is -0.119. The number of nitrogens with zero attached hydrogens (tertiary/aromatic N) is 1. The summed E-state index contributed by atoms with van der Waals surface area (Å²) in [6.45, 7) is 4.95. The number of hydrogen-bond donors (Lipinski definition) is 2. The van der Waals surface area contributed by atoms with Crippen LogP contribution in [0.4, 0.5) is 0 Å². The van der Waals surface area contributed by atoms with Gasteiger partial charge in [0.05, 0.1) is 24.8 Å². The third-order valence-electron chi connectivity index (χ3n) is 3.79. The first kappa shape index (κ1) is 20.6. The molecule has 0 radical (unpaired) electrons. The predicted molar refractivity (Wildman–Crippen MR) is 105 cm³/mol. The van der Waals surface area contributed by atoms with Crippen molar-refractivity contribution >= 4 is 22.1 Å². The Kier molecular flexibility index (Phi) is 6.70. The summed E-state index contributed by atoms with van der Waals surface area (Å²) in [5.41, 5.74) is 5.28. The third kappa shape index (κ3) is 5.63. The minimum Gasteiger partial charge on any atom is -0.497 e. The maximum absolute atomic E-state index is 12.5. The molecule has 1 amide bonds. The topological polar surface area (TPSA) is 96.9 Å². The zero-order valence-corrected chi connectivity index (χ0v) is 16.6. The van der Waals surface area contributed by atoms with E-state index in [1.54, 1.807) is 57.4 Å². The highest BCUT2D eigenvalue weighted by Crippen LogP contribution is 2.21. The van der Waals surface area contributed by atoms with E-state index in [-0.39, 0.29) is 4.90 Å². The van der Waals surface area contributed by atoms with Crippen LogP contribution in [0.2, 0.25) is 0 Å². The molecular weight excluding hydrogens is 366 g/mol. The summed E-state index contributed by atoms with van der Waals surface area (Å²) in [6.07, 6.45) is 1.45. The lowest BCUT2D eigenvalue weighted by Crippen LogP contribution is -2.35. The summed E-state index contributed by atoms with van der Waals surface area (Å²) >= 11 is 0. The maximum Gasteiger partial charge on any atom is 0.255 e. The average molecular weight is 389 g/mol. The number of sulfonamides is 1. The van der Waals surface area contributed by atoms with Crippen LogP contribution in [-0.4, -0.2) is 34.2 Å². The summed E-state index contributed by atoms with van der Waals surface area (Å²) in [6, 6.07) is 10.7. The molecule has 2 N–H and O–H groups in total. The number of methoxy groups -OCH3 is 1. The van der Waals surface area contributed by atoms with E-state index in [2.05, 4.69) is 15.2 Å². The van der Waals surface area contributed by atoms with Gasteiger partial charge < -0.3 is 4.74 Å². The Balaban J connectivity index is 1.97. The van der Waals surface area contributed by atoms with Gasteiger partial charge in [-0.2, -0.15) is 5.10 Å². The maximum atomic E-state index is 12.5. The van der Waals surface area contributed by atoms with Crippen molar-refractivity contribution in [3.05, 3.63) is 58.7 Å². The van der Waals surface area contributed by atoms with Gasteiger partial charge in [0.1, 0.15) is 5.75 Å². The molecule has 0 spiro atoms. The highest BCUT2D eigenvalue weighted by Gasteiger charge is 2.20. The first-order valence-electron chi connectivity index (χ1n) is 8.26. The van der Waals surface area contributed by atoms with Gasteiger partial charge in [0.2, 0.25) is 10.0 Å². The molecule has 0 unspecified atom stereocenters. The molecule has 0 aliphatic carbocycles. The fourth-order valence-electron chi connectivity index (χ4n) is 2.76. The van der Waals surface area contributed by atoms with Gasteiger partial charge in [0, 0.05) is 0 Å². The molecule has 8 heteroatoms. The Morgan fingerprint density at radius 2 is 1.81 bits per heavy atom. The molecule has 0 aliphatic rings. The van der Waals surface area contributed by atoms with Gasteiger partial charge in [-0.25, -0.2) is 18.6 Å². The van der Waals surface area contributed by atoms with E-state index in [0.717, 1.165) is 11.1 Å². The highest BCUT2D eigenvalue weighted by molar-refractivity contribution is 7.89.